The van der Waals surface area contributed by atoms with Gasteiger partial charge in [0.15, 0.2) is 23.0 Å². The van der Waals surface area contributed by atoms with Crippen LogP contribution in [0.2, 0.25) is 0 Å². The number of hydrogen-bond acceptors (Lipinski definition) is 18. The molecule has 0 atom stereocenters. The molecule has 0 saturated heterocycles. The van der Waals surface area contributed by atoms with Gasteiger partial charge in [0.1, 0.15) is 43.6 Å². The Balaban J connectivity index is 0.000000218. The Morgan fingerprint density at radius 1 is 0.722 bits per heavy atom. The van der Waals surface area contributed by atoms with Crippen molar-refractivity contribution < 1.29 is 70.7 Å². The molecule has 0 aromatic carbocycles. The molecule has 2 aliphatic heterocycles. The Bertz CT molecular complexity index is 3170. The second-order valence-corrected chi connectivity index (χ2v) is 18.1. The van der Waals surface area contributed by atoms with Gasteiger partial charge in [-0.3, -0.25) is 24.5 Å². The van der Waals surface area contributed by atoms with Crippen LogP contribution >= 0.6 is 34.0 Å². The molecule has 0 saturated carbocycles. The number of halogens is 3. The molecule has 72 heavy (non-hydrogen) atoms. The number of carbonyl (C=O) groups is 2. The number of nitriles is 1. The number of ether oxygens (including phenoxy) is 6. The maximum atomic E-state index is 12.7. The second kappa shape index (κ2) is 25.0. The topological polar surface area (TPSA) is 192 Å². The van der Waals surface area contributed by atoms with Crippen LogP contribution in [0.4, 0.5) is 13.2 Å². The molecule has 0 N–H and O–H groups in total. The number of nitrogens with zero attached hydrogens (tertiary/aromatic N) is 7. The summed E-state index contributed by atoms with van der Waals surface area (Å²) in [5.74, 6) is 3.31. The van der Waals surface area contributed by atoms with Crippen LogP contribution in [0.15, 0.2) is 90.0 Å². The summed E-state index contributed by atoms with van der Waals surface area (Å²) in [6.07, 6.45) is 6.05. The van der Waals surface area contributed by atoms with Gasteiger partial charge in [0.25, 0.3) is 12.9 Å². The molecule has 8 aromatic rings. The summed E-state index contributed by atoms with van der Waals surface area (Å²) in [6, 6.07) is 16.8. The number of thiocyanates is 1. The second-order valence-electron chi connectivity index (χ2n) is 15.1. The SMILES string of the molecule is CCCCCCc1ccsc1-c1ccnc(-c2cc(C(F)(F)F)n[n-]2)c1.N#C[S-].O=COc1ccnc(-c2cc(OC=O)cc(-c3cc(-c4sc(-c5scc6c5OCCO6)c5c4OCCO5)ccn3)n2)c1.[Ru+2]. The first-order valence-corrected chi connectivity index (χ1v) is 24.7. The summed E-state index contributed by atoms with van der Waals surface area (Å²) in [5.41, 5.74) is 4.38. The Hall–Kier alpha value is -6.83. The van der Waals surface area contributed by atoms with Crippen molar-refractivity contribution in [2.24, 2.45) is 0 Å². The average Bonchev–Trinajstić information content (AvgIpc) is 4.23. The zero-order chi connectivity index (χ0) is 49.7. The van der Waals surface area contributed by atoms with Crippen LogP contribution in [-0.4, -0.2) is 64.4 Å². The minimum atomic E-state index is -4.50. The van der Waals surface area contributed by atoms with E-state index in [4.69, 9.17) is 38.7 Å². The number of rotatable bonds is 15. The third kappa shape index (κ3) is 12.6. The molecule has 8 aromatic heterocycles. The molecule has 0 amide bonds. The van der Waals surface area contributed by atoms with E-state index >= 15 is 0 Å². The third-order valence-electron chi connectivity index (χ3n) is 10.5. The normalized spacial score (nSPS) is 12.2. The number of thiophene rings is 3. The maximum absolute atomic E-state index is 12.7. The summed E-state index contributed by atoms with van der Waals surface area (Å²) < 4.78 is 72.2. The van der Waals surface area contributed by atoms with Crippen molar-refractivity contribution >= 4 is 59.6 Å². The number of alkyl halides is 3. The molecule has 0 fully saturated rings. The fourth-order valence-corrected chi connectivity index (χ4v) is 10.6. The molecule has 2 aliphatic rings. The molecular weight excluding hydrogens is 1100 g/mol. The van der Waals surface area contributed by atoms with Crippen LogP contribution in [-0.2, 0) is 54.3 Å². The van der Waals surface area contributed by atoms with Gasteiger partial charge in [-0.15, -0.1) is 34.0 Å². The Morgan fingerprint density at radius 3 is 2.00 bits per heavy atom. The van der Waals surface area contributed by atoms with E-state index in [1.807, 2.05) is 23.6 Å². The van der Waals surface area contributed by atoms with Gasteiger partial charge in [-0.1, -0.05) is 37.3 Å². The Labute approximate surface area is 440 Å². The molecule has 10 heterocycles. The van der Waals surface area contributed by atoms with Gasteiger partial charge in [-0.25, -0.2) is 10.2 Å². The molecule has 0 radical (unpaired) electrons. The minimum absolute atomic E-state index is 0. The number of aromatic nitrogens is 6. The Morgan fingerprint density at radius 2 is 1.32 bits per heavy atom. The first-order chi connectivity index (χ1) is 34.6. The van der Waals surface area contributed by atoms with E-state index in [0.29, 0.717) is 90.8 Å². The third-order valence-corrected chi connectivity index (χ3v) is 13.8. The summed E-state index contributed by atoms with van der Waals surface area (Å²) in [4.78, 5) is 43.6. The first kappa shape index (κ1) is 53.0. The predicted molar refractivity (Wildman–Crippen MR) is 263 cm³/mol. The van der Waals surface area contributed by atoms with Crippen molar-refractivity contribution in [3.05, 3.63) is 101 Å². The van der Waals surface area contributed by atoms with Crippen molar-refractivity contribution in [1.82, 2.24) is 30.1 Å². The van der Waals surface area contributed by atoms with E-state index in [1.54, 1.807) is 54.1 Å². The van der Waals surface area contributed by atoms with Crippen LogP contribution in [0.3, 0.4) is 0 Å². The summed E-state index contributed by atoms with van der Waals surface area (Å²) in [7, 11) is 0. The van der Waals surface area contributed by atoms with Crippen LogP contribution in [0.1, 0.15) is 43.9 Å². The number of aryl methyl sites for hydroxylation is 1. The van der Waals surface area contributed by atoms with E-state index in [1.165, 1.54) is 59.1 Å². The quantitative estimate of drug-likeness (QED) is 0.0309. The van der Waals surface area contributed by atoms with E-state index in [9.17, 15) is 22.8 Å². The van der Waals surface area contributed by atoms with Crippen LogP contribution in [0, 0.1) is 10.7 Å². The summed E-state index contributed by atoms with van der Waals surface area (Å²) >= 11 is 8.40. The van der Waals surface area contributed by atoms with Crippen molar-refractivity contribution in [1.29, 1.82) is 5.26 Å². The largest absolute Gasteiger partial charge is 2.00 e. The molecule has 15 nitrogen and oxygen atoms in total. The van der Waals surface area contributed by atoms with Gasteiger partial charge in [0, 0.05) is 47.0 Å². The number of pyridine rings is 4. The fourth-order valence-electron chi connectivity index (χ4n) is 7.39. The van der Waals surface area contributed by atoms with Crippen molar-refractivity contribution in [2.75, 3.05) is 26.4 Å². The first-order valence-electron chi connectivity index (χ1n) is 21.7. The molecule has 0 aliphatic carbocycles. The van der Waals surface area contributed by atoms with Gasteiger partial charge < -0.3 is 51.2 Å². The monoisotopic (exact) mass is 1140 g/mol. The van der Waals surface area contributed by atoms with Crippen molar-refractivity contribution in [2.45, 2.75) is 45.2 Å². The predicted octanol–water partition coefficient (Wildman–Crippen LogP) is 11.3. The number of hydrogen-bond donors (Lipinski definition) is 0. The van der Waals surface area contributed by atoms with Crippen molar-refractivity contribution in [3.63, 3.8) is 0 Å². The van der Waals surface area contributed by atoms with Gasteiger partial charge in [0.05, 0.1) is 43.1 Å². The molecule has 0 unspecified atom stereocenters. The van der Waals surface area contributed by atoms with Crippen LogP contribution in [0.25, 0.3) is 64.8 Å². The fraction of sp³-hybridized carbons (Fsp3) is 0.224. The smallest absolute Gasteiger partial charge is 0.696 e. The van der Waals surface area contributed by atoms with Gasteiger partial charge in [0.2, 0.25) is 0 Å². The number of unbranched alkanes of at least 4 members (excludes halogenated alkanes) is 3. The molecule has 0 bridgehead atoms. The molecule has 10 rings (SSSR count). The van der Waals surface area contributed by atoms with E-state index in [2.05, 4.69) is 56.1 Å². The molecule has 0 spiro atoms. The maximum Gasteiger partial charge on any atom is 2.00 e. The molecular formula is C49H38F3N7O8RuS4. The van der Waals surface area contributed by atoms with Crippen LogP contribution in [0.5, 0.6) is 34.5 Å². The zero-order valence-corrected chi connectivity index (χ0v) is 42.7. The number of carbonyl (C=O) groups excluding carboxylic acids is 2. The van der Waals surface area contributed by atoms with Gasteiger partial charge in [-0.2, -0.15) is 13.2 Å². The Kier molecular flexibility index (Phi) is 18.4. The standard InChI is InChI=1S/C29H19N3O8S2.C19H19F3N3S.CHNS.Ru/c33-14-39-17-2-4-31-20(10-17)22-12-18(40-15-34)11-21(32-22)19-9-16(1-3-30-19)27-25-26(38-8-7-37-25)29(42-27)28-24-23(13-41-28)35-5-6-36-24;1-2-3-4-5-6-13-8-10-26-18(13)14-7-9-23-15(11-14)16-12-17(25-24-16)19(20,21)22;2-1-3;/h1-4,9-15H,5-8H2;7-12H,2-6H2,1H3;3H;/q;-1;;+2/p-1. The minimum Gasteiger partial charge on any atom is -0.696 e. The number of fused-ring (bicyclic) bond motifs is 2. The average molecular weight is 1140 g/mol. The van der Waals surface area contributed by atoms with Crippen molar-refractivity contribution in [3.8, 4) is 105 Å². The van der Waals surface area contributed by atoms with E-state index < -0.39 is 11.9 Å². The van der Waals surface area contributed by atoms with Gasteiger partial charge >= 0.3 is 25.7 Å². The molecule has 23 heteroatoms. The van der Waals surface area contributed by atoms with Crippen LogP contribution < -0.4 is 33.5 Å². The summed E-state index contributed by atoms with van der Waals surface area (Å²) in [6.45, 7) is 4.70. The molecule has 370 valence electrons. The van der Waals surface area contributed by atoms with E-state index in [0.717, 1.165) is 55.3 Å². The summed E-state index contributed by atoms with van der Waals surface area (Å²) in [5, 5.41) is 19.3. The van der Waals surface area contributed by atoms with Gasteiger partial charge in [-0.05, 0) is 77.4 Å². The van der Waals surface area contributed by atoms with E-state index in [-0.39, 0.29) is 30.9 Å². The zero-order valence-electron chi connectivity index (χ0n) is 37.7.